The molecule has 0 aromatic carbocycles. The summed E-state index contributed by atoms with van der Waals surface area (Å²) in [7, 11) is 0. The number of carbonyl (C=O) groups is 2. The number of hydrogen-bond donors (Lipinski definition) is 1. The molecule has 0 radical (unpaired) electrons. The molecule has 0 spiro atoms. The lowest BCUT2D eigenvalue weighted by Gasteiger charge is -2.15. The standard InChI is InChI=1S/C43H66O5/c1-3-5-7-9-11-13-15-17-19-21-23-25-27-29-31-33-35-37-42(45)47-40-41(39-44)48-43(46)38-36-34-32-30-28-26-24-22-20-18-16-14-12-10-8-6-4-2/h6,8,11-14,17-20,23-26,29-32,41,44H,3-5,7,9-10,15-16,21-22,27-28,33-40H2,1-2H3/t41-/m0/s1. The van der Waals surface area contributed by atoms with Gasteiger partial charge in [0.15, 0.2) is 6.10 Å². The molecule has 5 nitrogen and oxygen atoms in total. The molecule has 48 heavy (non-hydrogen) atoms. The number of esters is 2. The molecule has 0 aromatic rings. The highest BCUT2D eigenvalue weighted by molar-refractivity contribution is 5.70. The number of unbranched alkanes of at least 4 members (excludes halogenated alkanes) is 5. The Balaban J connectivity index is 3.82. The SMILES string of the molecule is CCC=CCC=CCC=CCC=CCC=CCCCC(=O)O[C@@H](CO)COC(=O)CCCC=CCC=CCC=CCC=CCCCCC. The summed E-state index contributed by atoms with van der Waals surface area (Å²) >= 11 is 0. The maximum Gasteiger partial charge on any atom is 0.306 e. The highest BCUT2D eigenvalue weighted by Gasteiger charge is 2.15. The van der Waals surface area contributed by atoms with Crippen molar-refractivity contribution in [2.45, 2.75) is 136 Å². The number of aliphatic hydroxyl groups is 1. The molecule has 0 aliphatic carbocycles. The average Bonchev–Trinajstić information content (AvgIpc) is 3.09. The number of rotatable bonds is 31. The smallest absolute Gasteiger partial charge is 0.306 e. The maximum absolute atomic E-state index is 12.1. The molecular weight excluding hydrogens is 596 g/mol. The highest BCUT2D eigenvalue weighted by atomic mass is 16.6. The second-order valence-electron chi connectivity index (χ2n) is 11.6. The van der Waals surface area contributed by atoms with E-state index in [1.165, 1.54) is 25.7 Å². The van der Waals surface area contributed by atoms with Gasteiger partial charge in [0.25, 0.3) is 0 Å². The minimum absolute atomic E-state index is 0.125. The largest absolute Gasteiger partial charge is 0.462 e. The summed E-state index contributed by atoms with van der Waals surface area (Å²) in [5, 5.41) is 9.52. The third-order valence-corrected chi connectivity index (χ3v) is 7.05. The number of aliphatic hydroxyl groups excluding tert-OH is 1. The Hall–Kier alpha value is -3.44. The van der Waals surface area contributed by atoms with Crippen molar-refractivity contribution in [3.8, 4) is 0 Å². The quantitative estimate of drug-likeness (QED) is 0.0454. The molecule has 1 N–H and O–H groups in total. The zero-order chi connectivity index (χ0) is 35.0. The van der Waals surface area contributed by atoms with Gasteiger partial charge in [-0.2, -0.15) is 0 Å². The zero-order valence-electron chi connectivity index (χ0n) is 30.2. The first kappa shape index (κ1) is 44.6. The van der Waals surface area contributed by atoms with E-state index in [9.17, 15) is 14.7 Å². The van der Waals surface area contributed by atoms with Gasteiger partial charge in [0.05, 0.1) is 6.61 Å². The fraction of sp³-hybridized carbons (Fsp3) is 0.535. The van der Waals surface area contributed by atoms with Gasteiger partial charge < -0.3 is 14.6 Å². The van der Waals surface area contributed by atoms with E-state index in [-0.39, 0.29) is 32.0 Å². The van der Waals surface area contributed by atoms with Crippen LogP contribution >= 0.6 is 0 Å². The second kappa shape index (κ2) is 38.0. The van der Waals surface area contributed by atoms with E-state index in [4.69, 9.17) is 9.47 Å². The van der Waals surface area contributed by atoms with Crippen LogP contribution in [0.15, 0.2) is 109 Å². The molecule has 0 aliphatic heterocycles. The molecule has 268 valence electrons. The number of hydrogen-bond acceptors (Lipinski definition) is 5. The Morgan fingerprint density at radius 3 is 1.27 bits per heavy atom. The predicted molar refractivity (Wildman–Crippen MR) is 205 cm³/mol. The lowest BCUT2D eigenvalue weighted by Crippen LogP contribution is -2.28. The number of ether oxygens (including phenoxy) is 2. The van der Waals surface area contributed by atoms with Crippen molar-refractivity contribution in [2.75, 3.05) is 13.2 Å². The van der Waals surface area contributed by atoms with Gasteiger partial charge >= 0.3 is 11.9 Å². The Morgan fingerprint density at radius 1 is 0.500 bits per heavy atom. The molecule has 0 aromatic heterocycles. The first-order valence-corrected chi connectivity index (χ1v) is 18.4. The summed E-state index contributed by atoms with van der Waals surface area (Å²) in [5.74, 6) is -0.739. The van der Waals surface area contributed by atoms with Gasteiger partial charge in [0.1, 0.15) is 6.61 Å². The minimum Gasteiger partial charge on any atom is -0.462 e. The van der Waals surface area contributed by atoms with E-state index in [0.717, 1.165) is 64.2 Å². The summed E-state index contributed by atoms with van der Waals surface area (Å²) < 4.78 is 10.5. The van der Waals surface area contributed by atoms with Crippen LogP contribution in [0.1, 0.15) is 129 Å². The fourth-order valence-corrected chi connectivity index (χ4v) is 4.28. The Kier molecular flexibility index (Phi) is 35.3. The van der Waals surface area contributed by atoms with E-state index < -0.39 is 12.1 Å². The molecule has 0 heterocycles. The summed E-state index contributed by atoms with van der Waals surface area (Å²) in [6, 6.07) is 0. The summed E-state index contributed by atoms with van der Waals surface area (Å²) in [6.07, 6.45) is 54.4. The molecule has 5 heteroatoms. The third kappa shape index (κ3) is 35.4. The van der Waals surface area contributed by atoms with Crippen molar-refractivity contribution in [3.05, 3.63) is 109 Å². The molecule has 0 aliphatic rings. The summed E-state index contributed by atoms with van der Waals surface area (Å²) in [5.41, 5.74) is 0. The lowest BCUT2D eigenvalue weighted by molar-refractivity contribution is -0.161. The molecule has 0 saturated heterocycles. The van der Waals surface area contributed by atoms with Crippen LogP contribution in [0.5, 0.6) is 0 Å². The molecule has 0 amide bonds. The summed E-state index contributed by atoms with van der Waals surface area (Å²) in [4.78, 5) is 24.2. The topological polar surface area (TPSA) is 72.8 Å². The van der Waals surface area contributed by atoms with Gasteiger partial charge in [-0.05, 0) is 89.9 Å². The lowest BCUT2D eigenvalue weighted by atomic mass is 10.2. The molecule has 1 atom stereocenters. The van der Waals surface area contributed by atoms with Gasteiger partial charge in [-0.25, -0.2) is 0 Å². The van der Waals surface area contributed by atoms with Crippen molar-refractivity contribution >= 4 is 11.9 Å². The second-order valence-corrected chi connectivity index (χ2v) is 11.6. The Morgan fingerprint density at radius 2 is 0.875 bits per heavy atom. The van der Waals surface area contributed by atoms with Crippen LogP contribution in [0.25, 0.3) is 0 Å². The zero-order valence-corrected chi connectivity index (χ0v) is 30.2. The normalized spacial score (nSPS) is 13.5. The summed E-state index contributed by atoms with van der Waals surface area (Å²) in [6.45, 7) is 3.87. The van der Waals surface area contributed by atoms with E-state index in [1.54, 1.807) is 0 Å². The van der Waals surface area contributed by atoms with E-state index in [1.807, 2.05) is 0 Å². The Bertz CT molecular complexity index is 1020. The molecule has 0 unspecified atom stereocenters. The monoisotopic (exact) mass is 662 g/mol. The molecule has 0 bridgehead atoms. The first-order chi connectivity index (χ1) is 23.6. The van der Waals surface area contributed by atoms with Gasteiger partial charge in [-0.3, -0.25) is 9.59 Å². The van der Waals surface area contributed by atoms with E-state index in [0.29, 0.717) is 12.8 Å². The van der Waals surface area contributed by atoms with Crippen LogP contribution in [0.2, 0.25) is 0 Å². The van der Waals surface area contributed by atoms with Crippen molar-refractivity contribution in [3.63, 3.8) is 0 Å². The van der Waals surface area contributed by atoms with Gasteiger partial charge in [-0.15, -0.1) is 0 Å². The van der Waals surface area contributed by atoms with Crippen LogP contribution in [-0.2, 0) is 19.1 Å². The van der Waals surface area contributed by atoms with Gasteiger partial charge in [-0.1, -0.05) is 136 Å². The third-order valence-electron chi connectivity index (χ3n) is 7.05. The Labute approximate surface area is 293 Å². The van der Waals surface area contributed by atoms with Crippen molar-refractivity contribution in [1.29, 1.82) is 0 Å². The van der Waals surface area contributed by atoms with Crippen LogP contribution in [-0.4, -0.2) is 36.4 Å². The predicted octanol–water partition coefficient (Wildman–Crippen LogP) is 11.5. The molecule has 0 saturated carbocycles. The van der Waals surface area contributed by atoms with Crippen LogP contribution in [0, 0.1) is 0 Å². The molecular formula is C43H66O5. The first-order valence-electron chi connectivity index (χ1n) is 18.4. The fourth-order valence-electron chi connectivity index (χ4n) is 4.28. The maximum atomic E-state index is 12.1. The average molecular weight is 663 g/mol. The molecule has 0 fully saturated rings. The van der Waals surface area contributed by atoms with Crippen LogP contribution in [0.4, 0.5) is 0 Å². The van der Waals surface area contributed by atoms with Crippen LogP contribution < -0.4 is 0 Å². The van der Waals surface area contributed by atoms with Crippen molar-refractivity contribution < 1.29 is 24.2 Å². The highest BCUT2D eigenvalue weighted by Crippen LogP contribution is 2.06. The number of allylic oxidation sites excluding steroid dienone is 18. The van der Waals surface area contributed by atoms with Gasteiger partial charge in [0, 0.05) is 12.8 Å². The van der Waals surface area contributed by atoms with Gasteiger partial charge in [0.2, 0.25) is 0 Å². The van der Waals surface area contributed by atoms with E-state index >= 15 is 0 Å². The van der Waals surface area contributed by atoms with Crippen molar-refractivity contribution in [1.82, 2.24) is 0 Å². The minimum atomic E-state index is -0.830. The van der Waals surface area contributed by atoms with Crippen molar-refractivity contribution in [2.24, 2.45) is 0 Å². The molecule has 0 rings (SSSR count). The van der Waals surface area contributed by atoms with Crippen LogP contribution in [0.3, 0.4) is 0 Å². The van der Waals surface area contributed by atoms with E-state index in [2.05, 4.69) is 123 Å². The number of carbonyl (C=O) groups excluding carboxylic acids is 2.